The van der Waals surface area contributed by atoms with Gasteiger partial charge in [-0.2, -0.15) is 0 Å². The van der Waals surface area contributed by atoms with Crippen LogP contribution in [0.1, 0.15) is 65.1 Å². The molecule has 0 saturated carbocycles. The Hall–Kier alpha value is -3.19. The van der Waals surface area contributed by atoms with E-state index in [1.807, 2.05) is 19.1 Å². The zero-order valence-corrected chi connectivity index (χ0v) is 18.7. The Labute approximate surface area is 185 Å². The van der Waals surface area contributed by atoms with Crippen LogP contribution in [-0.2, 0) is 0 Å². The lowest BCUT2D eigenvalue weighted by Crippen LogP contribution is -2.05. The van der Waals surface area contributed by atoms with Crippen molar-refractivity contribution in [2.75, 3.05) is 0 Å². The molecule has 0 bridgehead atoms. The Bertz CT molecular complexity index is 1190. The van der Waals surface area contributed by atoms with Crippen molar-refractivity contribution < 1.29 is 4.39 Å². The molecule has 3 aromatic rings. The van der Waals surface area contributed by atoms with E-state index in [1.165, 1.54) is 22.3 Å². The van der Waals surface area contributed by atoms with Crippen LogP contribution in [0.25, 0.3) is 28.9 Å². The number of allylic oxidation sites excluding steroid dienone is 2. The van der Waals surface area contributed by atoms with Crippen molar-refractivity contribution in [3.63, 3.8) is 0 Å². The molecule has 3 aromatic carbocycles. The van der Waals surface area contributed by atoms with Crippen LogP contribution in [0.15, 0.2) is 73.1 Å². The molecular formula is C30H29F. The summed E-state index contributed by atoms with van der Waals surface area (Å²) in [6.45, 7) is 8.44. The molecule has 0 saturated heterocycles. The normalized spacial score (nSPS) is 16.0. The summed E-state index contributed by atoms with van der Waals surface area (Å²) < 4.78 is 14.5. The molecule has 156 valence electrons. The zero-order valence-electron chi connectivity index (χ0n) is 18.7. The average Bonchev–Trinajstić information content (AvgIpc) is 2.78. The maximum Gasteiger partial charge on any atom is 0.0951 e. The minimum Gasteiger partial charge on any atom is -0.215 e. The largest absolute Gasteiger partial charge is 0.215 e. The fourth-order valence-electron chi connectivity index (χ4n) is 4.66. The molecule has 0 aliphatic heterocycles. The molecule has 0 aromatic heterocycles. The lowest BCUT2D eigenvalue weighted by Gasteiger charge is -2.23. The molecule has 1 aliphatic carbocycles. The van der Waals surface area contributed by atoms with Gasteiger partial charge in [0.2, 0.25) is 0 Å². The fraction of sp³-hybridized carbons (Fsp3) is 0.200. The van der Waals surface area contributed by atoms with Crippen molar-refractivity contribution in [1.29, 1.82) is 0 Å². The molecule has 0 radical (unpaired) electrons. The van der Waals surface area contributed by atoms with Crippen molar-refractivity contribution >= 4 is 17.7 Å². The lowest BCUT2D eigenvalue weighted by atomic mass is 9.81. The van der Waals surface area contributed by atoms with Crippen LogP contribution in [0.4, 0.5) is 4.39 Å². The van der Waals surface area contributed by atoms with Gasteiger partial charge in [-0.25, -0.2) is 4.39 Å². The summed E-state index contributed by atoms with van der Waals surface area (Å²) in [6.07, 6.45) is 10.4. The maximum atomic E-state index is 14.5. The molecule has 4 rings (SSSR count). The van der Waals surface area contributed by atoms with Crippen LogP contribution in [-0.4, -0.2) is 0 Å². The van der Waals surface area contributed by atoms with E-state index in [2.05, 4.69) is 87.5 Å². The summed E-state index contributed by atoms with van der Waals surface area (Å²) in [6, 6.07) is 18.9. The first-order valence-electron chi connectivity index (χ1n) is 11.0. The van der Waals surface area contributed by atoms with E-state index in [0.717, 1.165) is 40.6 Å². The van der Waals surface area contributed by atoms with Crippen LogP contribution in [0, 0.1) is 13.8 Å². The van der Waals surface area contributed by atoms with Gasteiger partial charge in [0.25, 0.3) is 0 Å². The first kappa shape index (κ1) is 21.1. The topological polar surface area (TPSA) is 0 Å². The second-order valence-electron chi connectivity index (χ2n) is 8.44. The van der Waals surface area contributed by atoms with Crippen LogP contribution in [0.3, 0.4) is 0 Å². The van der Waals surface area contributed by atoms with Gasteiger partial charge in [0, 0.05) is 5.57 Å². The highest BCUT2D eigenvalue weighted by Crippen LogP contribution is 2.39. The third-order valence-corrected chi connectivity index (χ3v) is 6.30. The van der Waals surface area contributed by atoms with Gasteiger partial charge in [-0.05, 0) is 83.2 Å². The van der Waals surface area contributed by atoms with E-state index < -0.39 is 0 Å². The summed E-state index contributed by atoms with van der Waals surface area (Å²) in [7, 11) is 0. The third kappa shape index (κ3) is 3.93. The van der Waals surface area contributed by atoms with Gasteiger partial charge in [0.1, 0.15) is 0 Å². The van der Waals surface area contributed by atoms with Crippen molar-refractivity contribution in [3.8, 4) is 11.1 Å². The predicted molar refractivity (Wildman–Crippen MR) is 133 cm³/mol. The molecule has 1 aliphatic rings. The Balaban J connectivity index is 1.88. The van der Waals surface area contributed by atoms with Crippen LogP contribution in [0.5, 0.6) is 0 Å². The Morgan fingerprint density at radius 2 is 1.74 bits per heavy atom. The number of hydrogen-bond donors (Lipinski definition) is 0. The van der Waals surface area contributed by atoms with Crippen molar-refractivity contribution in [3.05, 3.63) is 112 Å². The summed E-state index contributed by atoms with van der Waals surface area (Å²) in [5.74, 6) is 0.477. The van der Waals surface area contributed by atoms with Gasteiger partial charge in [-0.1, -0.05) is 85.8 Å². The van der Waals surface area contributed by atoms with Gasteiger partial charge < -0.3 is 0 Å². The fourth-order valence-corrected chi connectivity index (χ4v) is 4.66. The molecule has 0 spiro atoms. The van der Waals surface area contributed by atoms with E-state index in [-0.39, 0.29) is 0 Å². The molecule has 0 fully saturated rings. The minimum atomic E-state index is 0.477. The molecular weight excluding hydrogens is 379 g/mol. The summed E-state index contributed by atoms with van der Waals surface area (Å²) >= 11 is 0. The molecule has 1 atom stereocenters. The van der Waals surface area contributed by atoms with Crippen molar-refractivity contribution in [2.24, 2.45) is 0 Å². The molecule has 0 heterocycles. The SMILES string of the molecule is C/C=C\c1c(/C(=C/F)c2cc(C)c(-c3ccccc3)cc2C)ccc2c1C=CCC2C. The predicted octanol–water partition coefficient (Wildman–Crippen LogP) is 8.88. The molecule has 1 heteroatoms. The van der Waals surface area contributed by atoms with Gasteiger partial charge >= 0.3 is 0 Å². The second-order valence-corrected chi connectivity index (χ2v) is 8.44. The van der Waals surface area contributed by atoms with Crippen molar-refractivity contribution in [1.82, 2.24) is 0 Å². The quantitative estimate of drug-likeness (QED) is 0.404. The summed E-state index contributed by atoms with van der Waals surface area (Å²) in [5.41, 5.74) is 10.8. The first-order chi connectivity index (χ1) is 15.0. The van der Waals surface area contributed by atoms with E-state index >= 15 is 0 Å². The number of hydrogen-bond acceptors (Lipinski definition) is 0. The van der Waals surface area contributed by atoms with Crippen LogP contribution in [0.2, 0.25) is 0 Å². The molecule has 0 amide bonds. The summed E-state index contributed by atoms with van der Waals surface area (Å²) in [4.78, 5) is 0. The first-order valence-corrected chi connectivity index (χ1v) is 11.0. The highest BCUT2D eigenvalue weighted by molar-refractivity contribution is 5.89. The van der Waals surface area contributed by atoms with E-state index in [0.29, 0.717) is 11.5 Å². The number of fused-ring (bicyclic) bond motifs is 1. The Morgan fingerprint density at radius 1 is 0.968 bits per heavy atom. The maximum absolute atomic E-state index is 14.5. The Morgan fingerprint density at radius 3 is 2.45 bits per heavy atom. The van der Waals surface area contributed by atoms with E-state index in [9.17, 15) is 4.39 Å². The van der Waals surface area contributed by atoms with Gasteiger partial charge in [0.15, 0.2) is 0 Å². The highest BCUT2D eigenvalue weighted by atomic mass is 19.1. The molecule has 0 nitrogen and oxygen atoms in total. The molecule has 0 N–H and O–H groups in total. The standard InChI is InChI=1S/C30H29F/c1-5-10-25-26-14-9-11-20(2)24(26)15-16-27(25)30(19-31)29-18-21(3)28(17-22(29)4)23-12-7-6-8-13-23/h5-10,12-20H,11H2,1-4H3/b10-5-,30-19-. The van der Waals surface area contributed by atoms with Gasteiger partial charge in [0.05, 0.1) is 6.33 Å². The number of aryl methyl sites for hydroxylation is 2. The van der Waals surface area contributed by atoms with E-state index in [4.69, 9.17) is 0 Å². The third-order valence-electron chi connectivity index (χ3n) is 6.30. The van der Waals surface area contributed by atoms with Crippen molar-refractivity contribution in [2.45, 2.75) is 40.0 Å². The van der Waals surface area contributed by atoms with Crippen LogP contribution < -0.4 is 0 Å². The highest BCUT2D eigenvalue weighted by Gasteiger charge is 2.20. The average molecular weight is 409 g/mol. The second kappa shape index (κ2) is 8.89. The summed E-state index contributed by atoms with van der Waals surface area (Å²) in [5, 5.41) is 0. The van der Waals surface area contributed by atoms with Crippen LogP contribution >= 0.6 is 0 Å². The monoisotopic (exact) mass is 408 g/mol. The zero-order chi connectivity index (χ0) is 22.0. The van der Waals surface area contributed by atoms with Gasteiger partial charge in [-0.3, -0.25) is 0 Å². The minimum absolute atomic E-state index is 0.477. The van der Waals surface area contributed by atoms with Gasteiger partial charge in [-0.15, -0.1) is 0 Å². The lowest BCUT2D eigenvalue weighted by molar-refractivity contribution is 0.724. The molecule has 1 unspecified atom stereocenters. The number of rotatable bonds is 4. The van der Waals surface area contributed by atoms with E-state index in [1.54, 1.807) is 0 Å². The number of halogens is 1. The molecule has 31 heavy (non-hydrogen) atoms. The smallest absolute Gasteiger partial charge is 0.0951 e. The Kier molecular flexibility index (Phi) is 6.04. The number of benzene rings is 3.